The fourth-order valence-electron chi connectivity index (χ4n) is 1.74. The van der Waals surface area contributed by atoms with Crippen molar-refractivity contribution in [1.29, 1.82) is 0 Å². The van der Waals surface area contributed by atoms with Crippen molar-refractivity contribution in [2.24, 2.45) is 5.92 Å². The van der Waals surface area contributed by atoms with Crippen LogP contribution in [-0.4, -0.2) is 40.5 Å². The van der Waals surface area contributed by atoms with Crippen molar-refractivity contribution in [3.8, 4) is 17.2 Å². The van der Waals surface area contributed by atoms with E-state index < -0.39 is 35.1 Å². The van der Waals surface area contributed by atoms with Crippen molar-refractivity contribution < 1.29 is 34.4 Å². The second-order valence-electron chi connectivity index (χ2n) is 4.20. The van der Waals surface area contributed by atoms with Crippen LogP contribution in [-0.2, 0) is 25.5 Å². The summed E-state index contributed by atoms with van der Waals surface area (Å²) in [6.07, 6.45) is -0.211. The van der Waals surface area contributed by atoms with Crippen LogP contribution in [0, 0.1) is 5.92 Å². The Balaban J connectivity index is 3.03. The van der Waals surface area contributed by atoms with Gasteiger partial charge in [0.15, 0.2) is 17.4 Å². The van der Waals surface area contributed by atoms with E-state index in [-0.39, 0.29) is 25.2 Å². The fraction of sp³-hybridized carbons (Fsp3) is 0.429. The lowest BCUT2D eigenvalue weighted by Gasteiger charge is -2.15. The third-order valence-electron chi connectivity index (χ3n) is 2.78. The predicted molar refractivity (Wildman–Crippen MR) is 71.9 cm³/mol. The van der Waals surface area contributed by atoms with Crippen LogP contribution in [0.2, 0.25) is 0 Å². The van der Waals surface area contributed by atoms with Gasteiger partial charge in [-0.1, -0.05) is 6.07 Å². The van der Waals surface area contributed by atoms with Gasteiger partial charge >= 0.3 is 11.9 Å². The fourth-order valence-corrected chi connectivity index (χ4v) is 1.74. The normalized spacial score (nSPS) is 10.4. The molecule has 0 bridgehead atoms. The molecule has 21 heavy (non-hydrogen) atoms. The van der Waals surface area contributed by atoms with Gasteiger partial charge in [0.2, 0.25) is 5.75 Å². The average Bonchev–Trinajstić information content (AvgIpc) is 2.44. The van der Waals surface area contributed by atoms with Crippen LogP contribution in [0.25, 0.3) is 0 Å². The largest absolute Gasteiger partial charge is 0.504 e. The zero-order valence-corrected chi connectivity index (χ0v) is 11.8. The highest BCUT2D eigenvalue weighted by molar-refractivity contribution is 5.95. The number of hydrogen-bond acceptors (Lipinski definition) is 7. The summed E-state index contributed by atoms with van der Waals surface area (Å²) < 4.78 is 9.61. The number of rotatable bonds is 6. The minimum Gasteiger partial charge on any atom is -0.504 e. The van der Waals surface area contributed by atoms with Gasteiger partial charge in [0.25, 0.3) is 0 Å². The zero-order chi connectivity index (χ0) is 16.0. The lowest BCUT2D eigenvalue weighted by molar-refractivity contribution is -0.161. The van der Waals surface area contributed by atoms with Gasteiger partial charge in [0.05, 0.1) is 13.2 Å². The van der Waals surface area contributed by atoms with Crippen LogP contribution in [0.15, 0.2) is 12.1 Å². The molecule has 0 heterocycles. The molecule has 0 spiro atoms. The lowest BCUT2D eigenvalue weighted by atomic mass is 9.98. The van der Waals surface area contributed by atoms with Gasteiger partial charge in [-0.2, -0.15) is 0 Å². The summed E-state index contributed by atoms with van der Waals surface area (Å²) >= 11 is 0. The standard InChI is InChI=1S/C14H18O7/c1-3-20-13(18)9(14(19)21-4-2)7-8-5-6-10(15)12(17)11(8)16/h5-6,9,15-17H,3-4,7H2,1-2H3. The van der Waals surface area contributed by atoms with E-state index in [0.29, 0.717) is 0 Å². The molecule has 0 aliphatic carbocycles. The molecular weight excluding hydrogens is 280 g/mol. The van der Waals surface area contributed by atoms with Gasteiger partial charge in [-0.15, -0.1) is 0 Å². The molecular formula is C14H18O7. The minimum atomic E-state index is -1.25. The Morgan fingerprint density at radius 1 is 1.00 bits per heavy atom. The number of benzene rings is 1. The van der Waals surface area contributed by atoms with Gasteiger partial charge < -0.3 is 24.8 Å². The molecule has 0 unspecified atom stereocenters. The number of esters is 2. The van der Waals surface area contributed by atoms with Gasteiger partial charge in [0.1, 0.15) is 0 Å². The van der Waals surface area contributed by atoms with E-state index in [2.05, 4.69) is 0 Å². The summed E-state index contributed by atoms with van der Waals surface area (Å²) in [4.78, 5) is 23.6. The van der Waals surface area contributed by atoms with E-state index in [0.717, 1.165) is 6.07 Å². The Kier molecular flexibility index (Phi) is 5.83. The second kappa shape index (κ2) is 7.37. The molecule has 1 rings (SSSR count). The number of phenols is 3. The van der Waals surface area contributed by atoms with Gasteiger partial charge in [0, 0.05) is 6.42 Å². The first-order valence-corrected chi connectivity index (χ1v) is 6.48. The van der Waals surface area contributed by atoms with Crippen LogP contribution in [0.1, 0.15) is 19.4 Å². The average molecular weight is 298 g/mol. The zero-order valence-electron chi connectivity index (χ0n) is 11.8. The summed E-state index contributed by atoms with van der Waals surface area (Å²) in [7, 11) is 0. The Morgan fingerprint density at radius 2 is 1.52 bits per heavy atom. The molecule has 1 aromatic rings. The second-order valence-corrected chi connectivity index (χ2v) is 4.20. The maximum absolute atomic E-state index is 11.8. The van der Waals surface area contributed by atoms with Crippen LogP contribution < -0.4 is 0 Å². The van der Waals surface area contributed by atoms with Crippen molar-refractivity contribution in [2.75, 3.05) is 13.2 Å². The van der Waals surface area contributed by atoms with E-state index in [9.17, 15) is 24.9 Å². The third-order valence-corrected chi connectivity index (χ3v) is 2.78. The van der Waals surface area contributed by atoms with E-state index in [1.807, 2.05) is 0 Å². The number of hydrogen-bond donors (Lipinski definition) is 3. The van der Waals surface area contributed by atoms with Crippen molar-refractivity contribution in [3.05, 3.63) is 17.7 Å². The first-order chi connectivity index (χ1) is 9.92. The summed E-state index contributed by atoms with van der Waals surface area (Å²) in [5, 5.41) is 28.4. The molecule has 1 aromatic carbocycles. The number of phenolic OH excluding ortho intramolecular Hbond substituents is 3. The maximum Gasteiger partial charge on any atom is 0.320 e. The number of aromatic hydroxyl groups is 3. The lowest BCUT2D eigenvalue weighted by Crippen LogP contribution is -2.30. The molecule has 0 amide bonds. The SMILES string of the molecule is CCOC(=O)C(Cc1ccc(O)c(O)c1O)C(=O)OCC. The van der Waals surface area contributed by atoms with Crippen LogP contribution in [0.3, 0.4) is 0 Å². The van der Waals surface area contributed by atoms with E-state index >= 15 is 0 Å². The number of carbonyl (C=O) groups excluding carboxylic acids is 2. The maximum atomic E-state index is 11.8. The molecule has 3 N–H and O–H groups in total. The Bertz CT molecular complexity index is 506. The van der Waals surface area contributed by atoms with Crippen molar-refractivity contribution in [3.63, 3.8) is 0 Å². The summed E-state index contributed by atoms with van der Waals surface area (Å²) in [5.41, 5.74) is 0.122. The van der Waals surface area contributed by atoms with E-state index in [1.54, 1.807) is 13.8 Å². The third kappa shape index (κ3) is 4.01. The molecule has 0 aliphatic rings. The molecule has 0 fully saturated rings. The molecule has 0 saturated heterocycles. The highest BCUT2D eigenvalue weighted by Crippen LogP contribution is 2.38. The highest BCUT2D eigenvalue weighted by atomic mass is 16.6. The first-order valence-electron chi connectivity index (χ1n) is 6.48. The summed E-state index contributed by atoms with van der Waals surface area (Å²) in [6, 6.07) is 2.45. The van der Waals surface area contributed by atoms with Crippen LogP contribution in [0.4, 0.5) is 0 Å². The molecule has 0 aromatic heterocycles. The highest BCUT2D eigenvalue weighted by Gasteiger charge is 2.31. The summed E-state index contributed by atoms with van der Waals surface area (Å²) in [6.45, 7) is 3.40. The van der Waals surface area contributed by atoms with Crippen molar-refractivity contribution >= 4 is 11.9 Å². The van der Waals surface area contributed by atoms with E-state index in [1.165, 1.54) is 6.07 Å². The monoisotopic (exact) mass is 298 g/mol. The molecule has 116 valence electrons. The Labute approximate surface area is 121 Å². The molecule has 0 aliphatic heterocycles. The Hall–Kier alpha value is -2.44. The van der Waals surface area contributed by atoms with Crippen LogP contribution in [0.5, 0.6) is 17.2 Å². The summed E-state index contributed by atoms with van der Waals surface area (Å²) in [5.74, 6) is -4.60. The Morgan fingerprint density at radius 3 is 2.00 bits per heavy atom. The molecule has 7 heteroatoms. The topological polar surface area (TPSA) is 113 Å². The molecule has 0 saturated carbocycles. The predicted octanol–water partition coefficient (Wildman–Crippen LogP) is 1.09. The van der Waals surface area contributed by atoms with Gasteiger partial charge in [-0.3, -0.25) is 9.59 Å². The van der Waals surface area contributed by atoms with Crippen LogP contribution >= 0.6 is 0 Å². The number of ether oxygens (including phenoxy) is 2. The van der Waals surface area contributed by atoms with Crippen molar-refractivity contribution in [2.45, 2.75) is 20.3 Å². The quantitative estimate of drug-likeness (QED) is 0.409. The first kappa shape index (κ1) is 16.6. The number of carbonyl (C=O) groups is 2. The smallest absolute Gasteiger partial charge is 0.320 e. The minimum absolute atomic E-state index is 0.0988. The van der Waals surface area contributed by atoms with Crippen molar-refractivity contribution in [1.82, 2.24) is 0 Å². The van der Waals surface area contributed by atoms with E-state index in [4.69, 9.17) is 9.47 Å². The van der Waals surface area contributed by atoms with Gasteiger partial charge in [-0.25, -0.2) is 0 Å². The van der Waals surface area contributed by atoms with Gasteiger partial charge in [-0.05, 0) is 25.5 Å². The molecule has 7 nitrogen and oxygen atoms in total. The molecule has 0 radical (unpaired) electrons. The molecule has 0 atom stereocenters.